The molecule has 0 bridgehead atoms. The SMILES string of the molecule is CCc1cc(C(=O)OC)cc2ccc(=O)n(C)c12. The Morgan fingerprint density at radius 2 is 2.06 bits per heavy atom. The molecule has 0 aliphatic heterocycles. The zero-order chi connectivity index (χ0) is 13.3. The molecule has 0 fully saturated rings. The van der Waals surface area contributed by atoms with Crippen LogP contribution in [0.3, 0.4) is 0 Å². The van der Waals surface area contributed by atoms with E-state index in [-0.39, 0.29) is 11.5 Å². The molecule has 2 aromatic rings. The van der Waals surface area contributed by atoms with Crippen LogP contribution in [0.2, 0.25) is 0 Å². The van der Waals surface area contributed by atoms with E-state index in [1.165, 1.54) is 13.2 Å². The number of nitrogens with zero attached hydrogens (tertiary/aromatic N) is 1. The van der Waals surface area contributed by atoms with Gasteiger partial charge < -0.3 is 9.30 Å². The van der Waals surface area contributed by atoms with Crippen molar-refractivity contribution in [2.24, 2.45) is 7.05 Å². The summed E-state index contributed by atoms with van der Waals surface area (Å²) in [5.74, 6) is -0.361. The summed E-state index contributed by atoms with van der Waals surface area (Å²) in [5.41, 5.74) is 2.30. The molecule has 0 spiro atoms. The molecular weight excluding hydrogens is 230 g/mol. The average molecular weight is 245 g/mol. The summed E-state index contributed by atoms with van der Waals surface area (Å²) in [6, 6.07) is 6.78. The van der Waals surface area contributed by atoms with Crippen LogP contribution in [0.25, 0.3) is 10.9 Å². The second-order valence-corrected chi connectivity index (χ2v) is 4.15. The molecule has 0 amide bonds. The summed E-state index contributed by atoms with van der Waals surface area (Å²) in [6.45, 7) is 1.99. The number of esters is 1. The van der Waals surface area contributed by atoms with Crippen LogP contribution in [-0.4, -0.2) is 17.6 Å². The molecule has 0 atom stereocenters. The number of benzene rings is 1. The van der Waals surface area contributed by atoms with Gasteiger partial charge in [0, 0.05) is 13.1 Å². The first-order valence-corrected chi connectivity index (χ1v) is 5.79. The second-order valence-electron chi connectivity index (χ2n) is 4.15. The van der Waals surface area contributed by atoms with Crippen LogP contribution in [0.4, 0.5) is 0 Å². The minimum absolute atomic E-state index is 0.0528. The normalized spacial score (nSPS) is 10.6. The van der Waals surface area contributed by atoms with Crippen LogP contribution < -0.4 is 5.56 Å². The summed E-state index contributed by atoms with van der Waals surface area (Å²) in [7, 11) is 3.10. The molecule has 0 saturated carbocycles. The summed E-state index contributed by atoms with van der Waals surface area (Å²) >= 11 is 0. The zero-order valence-corrected chi connectivity index (χ0v) is 10.7. The van der Waals surface area contributed by atoms with Crippen molar-refractivity contribution in [3.63, 3.8) is 0 Å². The van der Waals surface area contributed by atoms with Crippen LogP contribution >= 0.6 is 0 Å². The van der Waals surface area contributed by atoms with E-state index in [1.54, 1.807) is 29.8 Å². The number of carbonyl (C=O) groups excluding carboxylic acids is 1. The summed E-state index contributed by atoms with van der Waals surface area (Å²) < 4.78 is 6.34. The van der Waals surface area contributed by atoms with Gasteiger partial charge in [-0.15, -0.1) is 0 Å². The molecular formula is C14H15NO3. The van der Waals surface area contributed by atoms with E-state index in [0.29, 0.717) is 5.56 Å². The van der Waals surface area contributed by atoms with Gasteiger partial charge in [0.1, 0.15) is 0 Å². The minimum Gasteiger partial charge on any atom is -0.465 e. The first-order valence-electron chi connectivity index (χ1n) is 5.79. The molecule has 4 nitrogen and oxygen atoms in total. The standard InChI is InChI=1S/C14H15NO3/c1-4-9-7-11(14(17)18-3)8-10-5-6-12(16)15(2)13(9)10/h5-8H,4H2,1-3H3. The molecule has 2 rings (SSSR count). The number of aromatic nitrogens is 1. The molecule has 94 valence electrons. The number of pyridine rings is 1. The van der Waals surface area contributed by atoms with Gasteiger partial charge in [-0.3, -0.25) is 4.79 Å². The predicted octanol–water partition coefficient (Wildman–Crippen LogP) is 1.89. The highest BCUT2D eigenvalue weighted by Gasteiger charge is 2.11. The highest BCUT2D eigenvalue weighted by atomic mass is 16.5. The quantitative estimate of drug-likeness (QED) is 0.759. The van der Waals surface area contributed by atoms with Crippen molar-refractivity contribution in [1.29, 1.82) is 0 Å². The number of hydrogen-bond acceptors (Lipinski definition) is 3. The van der Waals surface area contributed by atoms with E-state index in [9.17, 15) is 9.59 Å². The summed E-state index contributed by atoms with van der Waals surface area (Å²) in [4.78, 5) is 23.2. The molecule has 4 heteroatoms. The Labute approximate surface area is 105 Å². The lowest BCUT2D eigenvalue weighted by atomic mass is 10.0. The first kappa shape index (κ1) is 12.4. The van der Waals surface area contributed by atoms with Gasteiger partial charge in [-0.05, 0) is 35.6 Å². The number of ether oxygens (including phenoxy) is 1. The van der Waals surface area contributed by atoms with Gasteiger partial charge in [-0.25, -0.2) is 4.79 Å². The smallest absolute Gasteiger partial charge is 0.337 e. The molecule has 0 aliphatic carbocycles. The third-order valence-corrected chi connectivity index (χ3v) is 3.09. The molecule has 0 aliphatic rings. The van der Waals surface area contributed by atoms with Gasteiger partial charge in [0.2, 0.25) is 0 Å². The Hall–Kier alpha value is -2.10. The first-order chi connectivity index (χ1) is 8.58. The van der Waals surface area contributed by atoms with Crippen molar-refractivity contribution in [3.05, 3.63) is 45.7 Å². The third kappa shape index (κ3) is 1.90. The fourth-order valence-corrected chi connectivity index (χ4v) is 2.14. The molecule has 0 radical (unpaired) electrons. The Morgan fingerprint density at radius 1 is 1.33 bits per heavy atom. The van der Waals surface area contributed by atoms with Gasteiger partial charge in [0.05, 0.1) is 18.2 Å². The van der Waals surface area contributed by atoms with E-state index in [4.69, 9.17) is 4.74 Å². The number of fused-ring (bicyclic) bond motifs is 1. The Kier molecular flexibility index (Phi) is 3.19. The van der Waals surface area contributed by atoms with Crippen LogP contribution in [0.1, 0.15) is 22.8 Å². The van der Waals surface area contributed by atoms with E-state index >= 15 is 0 Å². The largest absolute Gasteiger partial charge is 0.465 e. The third-order valence-electron chi connectivity index (χ3n) is 3.09. The fraction of sp³-hybridized carbons (Fsp3) is 0.286. The minimum atomic E-state index is -0.361. The molecule has 1 aromatic heterocycles. The average Bonchev–Trinajstić information content (AvgIpc) is 2.40. The molecule has 1 heterocycles. The molecule has 0 saturated heterocycles. The highest BCUT2D eigenvalue weighted by molar-refractivity contribution is 5.95. The van der Waals surface area contributed by atoms with E-state index < -0.39 is 0 Å². The van der Waals surface area contributed by atoms with Gasteiger partial charge in [-0.2, -0.15) is 0 Å². The predicted molar refractivity (Wildman–Crippen MR) is 69.9 cm³/mol. The van der Waals surface area contributed by atoms with Crippen molar-refractivity contribution in [1.82, 2.24) is 4.57 Å². The van der Waals surface area contributed by atoms with Crippen LogP contribution in [-0.2, 0) is 18.2 Å². The number of hydrogen-bond donors (Lipinski definition) is 0. The Morgan fingerprint density at radius 3 is 2.67 bits per heavy atom. The van der Waals surface area contributed by atoms with Crippen LogP contribution in [0, 0.1) is 0 Å². The van der Waals surface area contributed by atoms with Crippen molar-refractivity contribution in [2.45, 2.75) is 13.3 Å². The van der Waals surface area contributed by atoms with Crippen molar-refractivity contribution in [2.75, 3.05) is 7.11 Å². The lowest BCUT2D eigenvalue weighted by Crippen LogP contribution is -2.16. The molecule has 0 unspecified atom stereocenters. The lowest BCUT2D eigenvalue weighted by Gasteiger charge is -2.11. The van der Waals surface area contributed by atoms with Crippen LogP contribution in [0.15, 0.2) is 29.1 Å². The van der Waals surface area contributed by atoms with Gasteiger partial charge in [0.25, 0.3) is 5.56 Å². The van der Waals surface area contributed by atoms with Crippen molar-refractivity contribution >= 4 is 16.9 Å². The fourth-order valence-electron chi connectivity index (χ4n) is 2.14. The monoisotopic (exact) mass is 245 g/mol. The lowest BCUT2D eigenvalue weighted by molar-refractivity contribution is 0.0601. The maximum atomic E-state index is 11.6. The summed E-state index contributed by atoms with van der Waals surface area (Å²) in [6.07, 6.45) is 0.749. The summed E-state index contributed by atoms with van der Waals surface area (Å²) in [5, 5.41) is 0.872. The maximum Gasteiger partial charge on any atom is 0.337 e. The van der Waals surface area contributed by atoms with Gasteiger partial charge in [0.15, 0.2) is 0 Å². The number of rotatable bonds is 2. The van der Waals surface area contributed by atoms with E-state index in [2.05, 4.69) is 0 Å². The maximum absolute atomic E-state index is 11.6. The number of carbonyl (C=O) groups is 1. The van der Waals surface area contributed by atoms with Gasteiger partial charge >= 0.3 is 5.97 Å². The Bertz CT molecular complexity index is 671. The van der Waals surface area contributed by atoms with E-state index in [0.717, 1.165) is 22.9 Å². The van der Waals surface area contributed by atoms with Crippen molar-refractivity contribution < 1.29 is 9.53 Å². The van der Waals surface area contributed by atoms with Gasteiger partial charge in [-0.1, -0.05) is 6.92 Å². The second kappa shape index (κ2) is 4.64. The van der Waals surface area contributed by atoms with E-state index in [1.807, 2.05) is 6.92 Å². The number of aryl methyl sites for hydroxylation is 2. The van der Waals surface area contributed by atoms with Crippen LogP contribution in [0.5, 0.6) is 0 Å². The molecule has 1 aromatic carbocycles. The Balaban J connectivity index is 2.83. The number of methoxy groups -OCH3 is 1. The highest BCUT2D eigenvalue weighted by Crippen LogP contribution is 2.20. The topological polar surface area (TPSA) is 48.3 Å². The molecule has 0 N–H and O–H groups in total. The molecule has 18 heavy (non-hydrogen) atoms. The zero-order valence-electron chi connectivity index (χ0n) is 10.7. The van der Waals surface area contributed by atoms with Crippen molar-refractivity contribution in [3.8, 4) is 0 Å².